The minimum Gasteiger partial charge on any atom is -0.420 e. The van der Waals surface area contributed by atoms with Crippen LogP contribution in [0.3, 0.4) is 0 Å². The topological polar surface area (TPSA) is 21.8 Å². The van der Waals surface area contributed by atoms with Gasteiger partial charge in [0.15, 0.2) is 9.04 Å². The van der Waals surface area contributed by atoms with Gasteiger partial charge in [0.05, 0.1) is 12.2 Å². The molecule has 0 amide bonds. The lowest BCUT2D eigenvalue weighted by Gasteiger charge is -2.27. The molecule has 0 aromatic heterocycles. The molecule has 2 nitrogen and oxygen atoms in total. The quantitative estimate of drug-likeness (QED) is 0.505. The molecular formula is C13H26O2Si. The summed E-state index contributed by atoms with van der Waals surface area (Å²) in [6.45, 7) is 5.49. The maximum Gasteiger partial charge on any atom is 0.180 e. The molecule has 0 aromatic carbocycles. The molecular weight excluding hydrogens is 216 g/mol. The highest BCUT2D eigenvalue weighted by molar-refractivity contribution is 6.53. The van der Waals surface area contributed by atoms with Crippen molar-refractivity contribution in [3.8, 4) is 0 Å². The molecule has 94 valence electrons. The number of rotatable bonds is 7. The first-order valence-electron chi connectivity index (χ1n) is 7.12. The predicted octanol–water partition coefficient (Wildman–Crippen LogP) is 3.26. The smallest absolute Gasteiger partial charge is 0.180 e. The Bertz CT molecular complexity index is 202. The van der Waals surface area contributed by atoms with Gasteiger partial charge < -0.3 is 9.16 Å². The van der Waals surface area contributed by atoms with E-state index in [2.05, 4.69) is 13.8 Å². The monoisotopic (exact) mass is 242 g/mol. The fraction of sp³-hybridized carbons (Fsp3) is 1.00. The number of hydrogen-bond acceptors (Lipinski definition) is 2. The third kappa shape index (κ3) is 3.31. The molecule has 1 saturated carbocycles. The van der Waals surface area contributed by atoms with Crippen molar-refractivity contribution in [2.75, 3.05) is 6.61 Å². The van der Waals surface area contributed by atoms with Gasteiger partial charge in [0, 0.05) is 6.61 Å². The van der Waals surface area contributed by atoms with Crippen molar-refractivity contribution in [1.82, 2.24) is 0 Å². The van der Waals surface area contributed by atoms with E-state index >= 15 is 0 Å². The van der Waals surface area contributed by atoms with Crippen LogP contribution in [0.5, 0.6) is 0 Å². The zero-order valence-corrected chi connectivity index (χ0v) is 11.9. The van der Waals surface area contributed by atoms with Gasteiger partial charge in [-0.05, 0) is 37.3 Å². The van der Waals surface area contributed by atoms with E-state index in [0.29, 0.717) is 12.2 Å². The van der Waals surface area contributed by atoms with Crippen molar-refractivity contribution < 1.29 is 9.16 Å². The highest BCUT2D eigenvalue weighted by Gasteiger charge is 2.46. The Labute approximate surface area is 101 Å². The average Bonchev–Trinajstić information content (AvgIpc) is 3.07. The Morgan fingerprint density at radius 2 is 2.06 bits per heavy atom. The van der Waals surface area contributed by atoms with Gasteiger partial charge in [0.2, 0.25) is 0 Å². The van der Waals surface area contributed by atoms with Crippen LogP contribution >= 0.6 is 0 Å². The van der Waals surface area contributed by atoms with Crippen molar-refractivity contribution in [3.63, 3.8) is 0 Å². The van der Waals surface area contributed by atoms with E-state index in [-0.39, 0.29) is 0 Å². The summed E-state index contributed by atoms with van der Waals surface area (Å²) in [5.74, 6) is 0. The number of fused-ring (bicyclic) bond motifs is 1. The van der Waals surface area contributed by atoms with Crippen molar-refractivity contribution >= 4 is 9.04 Å². The first-order chi connectivity index (χ1) is 7.85. The second kappa shape index (κ2) is 6.17. The molecule has 0 bridgehead atoms. The van der Waals surface area contributed by atoms with Crippen LogP contribution < -0.4 is 0 Å². The maximum absolute atomic E-state index is 6.18. The van der Waals surface area contributed by atoms with Gasteiger partial charge in [0.1, 0.15) is 0 Å². The number of hydrogen-bond donors (Lipinski definition) is 0. The fourth-order valence-corrected chi connectivity index (χ4v) is 6.30. The third-order valence-corrected chi connectivity index (χ3v) is 7.25. The summed E-state index contributed by atoms with van der Waals surface area (Å²) in [4.78, 5) is 0. The molecule has 0 N–H and O–H groups in total. The maximum atomic E-state index is 6.18. The summed E-state index contributed by atoms with van der Waals surface area (Å²) in [6, 6.07) is 1.39. The molecule has 3 heteroatoms. The first-order valence-corrected chi connectivity index (χ1v) is 9.07. The lowest BCUT2D eigenvalue weighted by molar-refractivity contribution is 0.301. The lowest BCUT2D eigenvalue weighted by atomic mass is 10.0. The van der Waals surface area contributed by atoms with Crippen LogP contribution in [0, 0.1) is 0 Å². The molecule has 0 radical (unpaired) electrons. The normalized spacial score (nSPS) is 34.5. The summed E-state index contributed by atoms with van der Waals surface area (Å²) < 4.78 is 11.8. The van der Waals surface area contributed by atoms with Crippen LogP contribution in [0.1, 0.15) is 52.4 Å². The number of ether oxygens (including phenoxy) is 1. The molecule has 1 saturated heterocycles. The standard InChI is InChI=1S/C13H26O2Si/c1-3-5-9-16(14-8-4-2)11-6-7-12-13(10-11)15-12/h11-13,16H,3-10H2,1-2H3. The van der Waals surface area contributed by atoms with Crippen molar-refractivity contribution in [2.24, 2.45) is 0 Å². The molecule has 1 aliphatic carbocycles. The molecule has 4 atom stereocenters. The highest BCUT2D eigenvalue weighted by atomic mass is 28.3. The number of epoxide rings is 1. The molecule has 2 rings (SSSR count). The van der Waals surface area contributed by atoms with E-state index in [1.54, 1.807) is 0 Å². The van der Waals surface area contributed by atoms with Crippen LogP contribution in [0.2, 0.25) is 11.6 Å². The van der Waals surface area contributed by atoms with E-state index < -0.39 is 9.04 Å². The Morgan fingerprint density at radius 1 is 1.19 bits per heavy atom. The zero-order valence-electron chi connectivity index (χ0n) is 10.8. The largest absolute Gasteiger partial charge is 0.420 e. The molecule has 1 heterocycles. The summed E-state index contributed by atoms with van der Waals surface area (Å²) >= 11 is 0. The molecule has 16 heavy (non-hydrogen) atoms. The van der Waals surface area contributed by atoms with Crippen LogP contribution in [-0.4, -0.2) is 27.9 Å². The molecule has 2 fully saturated rings. The Hall–Kier alpha value is 0.137. The molecule has 0 aromatic rings. The van der Waals surface area contributed by atoms with E-state index in [0.717, 1.165) is 12.1 Å². The van der Waals surface area contributed by atoms with Gasteiger partial charge >= 0.3 is 0 Å². The van der Waals surface area contributed by atoms with Crippen molar-refractivity contribution in [3.05, 3.63) is 0 Å². The van der Waals surface area contributed by atoms with E-state index in [1.807, 2.05) is 0 Å². The Balaban J connectivity index is 1.78. The van der Waals surface area contributed by atoms with Crippen molar-refractivity contribution in [1.29, 1.82) is 0 Å². The molecule has 4 unspecified atom stereocenters. The SMILES string of the molecule is CCCC[SiH](OCCC)C1CCC2OC2C1. The van der Waals surface area contributed by atoms with E-state index in [9.17, 15) is 0 Å². The van der Waals surface area contributed by atoms with Gasteiger partial charge in [-0.3, -0.25) is 0 Å². The summed E-state index contributed by atoms with van der Waals surface area (Å²) in [7, 11) is -0.942. The third-order valence-electron chi connectivity index (χ3n) is 3.95. The predicted molar refractivity (Wildman–Crippen MR) is 69.4 cm³/mol. The van der Waals surface area contributed by atoms with Crippen LogP contribution in [-0.2, 0) is 9.16 Å². The van der Waals surface area contributed by atoms with E-state index in [1.165, 1.54) is 44.6 Å². The second-order valence-electron chi connectivity index (χ2n) is 5.34. The first kappa shape index (κ1) is 12.6. The van der Waals surface area contributed by atoms with Gasteiger partial charge in [-0.15, -0.1) is 0 Å². The Kier molecular flexibility index (Phi) is 4.86. The van der Waals surface area contributed by atoms with Gasteiger partial charge in [0.25, 0.3) is 0 Å². The average molecular weight is 242 g/mol. The van der Waals surface area contributed by atoms with Gasteiger partial charge in [-0.25, -0.2) is 0 Å². The van der Waals surface area contributed by atoms with Gasteiger partial charge in [-0.1, -0.05) is 26.7 Å². The van der Waals surface area contributed by atoms with Crippen LogP contribution in [0.15, 0.2) is 0 Å². The van der Waals surface area contributed by atoms with Crippen LogP contribution in [0.25, 0.3) is 0 Å². The summed E-state index contributed by atoms with van der Waals surface area (Å²) in [5.41, 5.74) is 0.904. The molecule has 0 spiro atoms. The van der Waals surface area contributed by atoms with E-state index in [4.69, 9.17) is 9.16 Å². The molecule has 2 aliphatic rings. The number of unbranched alkanes of at least 4 members (excludes halogenated alkanes) is 1. The zero-order chi connectivity index (χ0) is 11.4. The summed E-state index contributed by atoms with van der Waals surface area (Å²) in [6.07, 6.45) is 9.12. The lowest BCUT2D eigenvalue weighted by Crippen LogP contribution is -2.29. The molecule has 1 aliphatic heterocycles. The van der Waals surface area contributed by atoms with Crippen molar-refractivity contribution in [2.45, 2.75) is 76.2 Å². The van der Waals surface area contributed by atoms with Gasteiger partial charge in [-0.2, -0.15) is 0 Å². The Morgan fingerprint density at radius 3 is 2.75 bits per heavy atom. The highest BCUT2D eigenvalue weighted by Crippen LogP contribution is 2.44. The van der Waals surface area contributed by atoms with Crippen LogP contribution in [0.4, 0.5) is 0 Å². The minimum absolute atomic E-state index is 0.626. The second-order valence-corrected chi connectivity index (χ2v) is 8.27. The summed E-state index contributed by atoms with van der Waals surface area (Å²) in [5, 5.41) is 0. The fourth-order valence-electron chi connectivity index (χ4n) is 2.90. The minimum atomic E-state index is -0.942.